The van der Waals surface area contributed by atoms with Crippen molar-refractivity contribution in [3.05, 3.63) is 11.6 Å². The van der Waals surface area contributed by atoms with Crippen LogP contribution in [0.15, 0.2) is 11.6 Å². The molecule has 31 heavy (non-hydrogen) atoms. The van der Waals surface area contributed by atoms with Gasteiger partial charge >= 0.3 is 5.97 Å². The highest BCUT2D eigenvalue weighted by molar-refractivity contribution is 5.86. The predicted molar refractivity (Wildman–Crippen MR) is 118 cm³/mol. The predicted octanol–water partition coefficient (Wildman–Crippen LogP) is 3.65. The summed E-state index contributed by atoms with van der Waals surface area (Å²) in [5.74, 6) is 1.51. The number of rotatable bonds is 9. The van der Waals surface area contributed by atoms with Gasteiger partial charge in [0.1, 0.15) is 6.54 Å². The zero-order chi connectivity index (χ0) is 21.8. The van der Waals surface area contributed by atoms with E-state index in [0.29, 0.717) is 13.0 Å². The molecule has 0 aliphatic heterocycles. The third-order valence-electron chi connectivity index (χ3n) is 7.94. The Morgan fingerprint density at radius 1 is 1.06 bits per heavy atom. The van der Waals surface area contributed by atoms with E-state index >= 15 is 0 Å². The summed E-state index contributed by atoms with van der Waals surface area (Å²) < 4.78 is 5.22. The standard InChI is InChI=1S/C25H38N2O4/c1-17(24(30)26-8-7-18-5-3-2-4-6-18)31-23(29)16-27-22(28)15-25-12-19-9-20(13-25)11-21(10-19)14-25/h5,17,19-21H,2-4,6-16H2,1H3,(H,26,30)(H,27,28)/t17-,19?,20?,21?,25?/m0/s1. The number of hydrogen-bond acceptors (Lipinski definition) is 4. The van der Waals surface area contributed by atoms with Crippen molar-refractivity contribution in [2.75, 3.05) is 13.1 Å². The monoisotopic (exact) mass is 430 g/mol. The normalized spacial score (nSPS) is 32.2. The SMILES string of the molecule is C[C@H](OC(=O)CNC(=O)CC12CC3CC(CC(C3)C1)C2)C(=O)NCCC1=CCCCC1. The number of carbonyl (C=O) groups is 3. The second kappa shape index (κ2) is 9.74. The summed E-state index contributed by atoms with van der Waals surface area (Å²) in [6.07, 6.45) is 15.1. The molecule has 0 radical (unpaired) electrons. The lowest BCUT2D eigenvalue weighted by atomic mass is 9.49. The lowest BCUT2D eigenvalue weighted by Crippen LogP contribution is -2.48. The summed E-state index contributed by atoms with van der Waals surface area (Å²) in [7, 11) is 0. The Kier molecular flexibility index (Phi) is 7.02. The fourth-order valence-corrected chi connectivity index (χ4v) is 6.99. The first kappa shape index (κ1) is 22.3. The molecule has 5 aliphatic rings. The molecule has 1 atom stereocenters. The maximum Gasteiger partial charge on any atom is 0.326 e. The van der Waals surface area contributed by atoms with Gasteiger partial charge in [-0.3, -0.25) is 14.4 Å². The van der Waals surface area contributed by atoms with Crippen molar-refractivity contribution in [1.29, 1.82) is 0 Å². The molecule has 0 unspecified atom stereocenters. The van der Waals surface area contributed by atoms with Crippen LogP contribution in [0, 0.1) is 23.2 Å². The minimum atomic E-state index is -0.854. The van der Waals surface area contributed by atoms with Crippen molar-refractivity contribution in [3.63, 3.8) is 0 Å². The molecule has 172 valence electrons. The number of amides is 2. The summed E-state index contributed by atoms with van der Waals surface area (Å²) in [6, 6.07) is 0. The topological polar surface area (TPSA) is 84.5 Å². The Hall–Kier alpha value is -1.85. The van der Waals surface area contributed by atoms with Gasteiger partial charge in [0.15, 0.2) is 6.10 Å². The van der Waals surface area contributed by atoms with Gasteiger partial charge in [-0.2, -0.15) is 0 Å². The molecular formula is C25H38N2O4. The lowest BCUT2D eigenvalue weighted by Gasteiger charge is -2.56. The smallest absolute Gasteiger partial charge is 0.326 e. The summed E-state index contributed by atoms with van der Waals surface area (Å²) in [4.78, 5) is 36.8. The van der Waals surface area contributed by atoms with Crippen LogP contribution in [-0.2, 0) is 19.1 Å². The lowest BCUT2D eigenvalue weighted by molar-refractivity contribution is -0.154. The molecule has 2 amide bonds. The molecule has 5 aliphatic carbocycles. The number of carbonyl (C=O) groups excluding carboxylic acids is 3. The first-order chi connectivity index (χ1) is 14.9. The van der Waals surface area contributed by atoms with Gasteiger partial charge in [0, 0.05) is 13.0 Å². The van der Waals surface area contributed by atoms with Gasteiger partial charge in [-0.25, -0.2) is 0 Å². The van der Waals surface area contributed by atoms with Gasteiger partial charge in [-0.1, -0.05) is 11.6 Å². The molecule has 4 bridgehead atoms. The van der Waals surface area contributed by atoms with Crippen molar-refractivity contribution in [2.24, 2.45) is 23.2 Å². The maximum atomic E-state index is 12.5. The number of esters is 1. The number of allylic oxidation sites excluding steroid dienone is 1. The highest BCUT2D eigenvalue weighted by atomic mass is 16.5. The summed E-state index contributed by atoms with van der Waals surface area (Å²) >= 11 is 0. The Bertz CT molecular complexity index is 694. The van der Waals surface area contributed by atoms with E-state index < -0.39 is 12.1 Å². The molecule has 6 nitrogen and oxygen atoms in total. The number of ether oxygens (including phenoxy) is 1. The Labute approximate surface area is 185 Å². The van der Waals surface area contributed by atoms with Gasteiger partial charge in [0.05, 0.1) is 0 Å². The van der Waals surface area contributed by atoms with Crippen molar-refractivity contribution in [2.45, 2.75) is 90.1 Å². The summed E-state index contributed by atoms with van der Waals surface area (Å²) in [5, 5.41) is 5.58. The van der Waals surface area contributed by atoms with E-state index in [1.807, 2.05) is 0 Å². The Morgan fingerprint density at radius 3 is 2.35 bits per heavy atom. The van der Waals surface area contributed by atoms with Crippen molar-refractivity contribution in [1.82, 2.24) is 10.6 Å². The fraction of sp³-hybridized carbons (Fsp3) is 0.800. The van der Waals surface area contributed by atoms with E-state index in [1.165, 1.54) is 56.9 Å². The van der Waals surface area contributed by atoms with Gasteiger partial charge in [-0.15, -0.1) is 0 Å². The van der Waals surface area contributed by atoms with E-state index in [0.717, 1.165) is 37.0 Å². The highest BCUT2D eigenvalue weighted by Crippen LogP contribution is 2.61. The van der Waals surface area contributed by atoms with Gasteiger partial charge < -0.3 is 15.4 Å². The largest absolute Gasteiger partial charge is 0.451 e. The second-order valence-corrected chi connectivity index (χ2v) is 10.7. The summed E-state index contributed by atoms with van der Waals surface area (Å²) in [6.45, 7) is 1.97. The molecule has 4 saturated carbocycles. The highest BCUT2D eigenvalue weighted by Gasteiger charge is 2.51. The molecule has 5 rings (SSSR count). The minimum absolute atomic E-state index is 0.0586. The van der Waals surface area contributed by atoms with Crippen LogP contribution >= 0.6 is 0 Å². The maximum absolute atomic E-state index is 12.5. The Morgan fingerprint density at radius 2 is 1.74 bits per heavy atom. The molecule has 0 heterocycles. The van der Waals surface area contributed by atoms with E-state index in [-0.39, 0.29) is 23.8 Å². The molecular weight excluding hydrogens is 392 g/mol. The van der Waals surface area contributed by atoms with Crippen molar-refractivity contribution < 1.29 is 19.1 Å². The van der Waals surface area contributed by atoms with Crippen molar-refractivity contribution >= 4 is 17.8 Å². The number of nitrogens with one attached hydrogen (secondary N) is 2. The van der Waals surface area contributed by atoms with Crippen LogP contribution in [0.2, 0.25) is 0 Å². The van der Waals surface area contributed by atoms with E-state index in [1.54, 1.807) is 6.92 Å². The quantitative estimate of drug-likeness (QED) is 0.432. The second-order valence-electron chi connectivity index (χ2n) is 10.7. The van der Waals surface area contributed by atoms with Gasteiger partial charge in [0.2, 0.25) is 5.91 Å². The van der Waals surface area contributed by atoms with Crippen LogP contribution in [0.3, 0.4) is 0 Å². The zero-order valence-corrected chi connectivity index (χ0v) is 18.9. The fourth-order valence-electron chi connectivity index (χ4n) is 6.99. The molecule has 0 aromatic carbocycles. The van der Waals surface area contributed by atoms with Gasteiger partial charge in [-0.05, 0) is 101 Å². The first-order valence-corrected chi connectivity index (χ1v) is 12.3. The van der Waals surface area contributed by atoms with Crippen LogP contribution in [0.1, 0.15) is 84.0 Å². The Balaban J connectivity index is 1.13. The van der Waals surface area contributed by atoms with Crippen LogP contribution in [-0.4, -0.2) is 37.0 Å². The first-order valence-electron chi connectivity index (χ1n) is 12.3. The summed E-state index contributed by atoms with van der Waals surface area (Å²) in [5.41, 5.74) is 1.56. The molecule has 2 N–H and O–H groups in total. The third kappa shape index (κ3) is 5.89. The molecule has 6 heteroatoms. The third-order valence-corrected chi connectivity index (χ3v) is 7.94. The van der Waals surface area contributed by atoms with E-state index in [9.17, 15) is 14.4 Å². The molecule has 0 aromatic rings. The zero-order valence-electron chi connectivity index (χ0n) is 18.9. The van der Waals surface area contributed by atoms with Gasteiger partial charge in [0.25, 0.3) is 5.91 Å². The van der Waals surface area contributed by atoms with Crippen LogP contribution < -0.4 is 10.6 Å². The van der Waals surface area contributed by atoms with Crippen LogP contribution in [0.5, 0.6) is 0 Å². The van der Waals surface area contributed by atoms with Crippen LogP contribution in [0.4, 0.5) is 0 Å². The van der Waals surface area contributed by atoms with E-state index in [2.05, 4.69) is 16.7 Å². The van der Waals surface area contributed by atoms with Crippen molar-refractivity contribution in [3.8, 4) is 0 Å². The van der Waals surface area contributed by atoms with Crippen LogP contribution in [0.25, 0.3) is 0 Å². The molecule has 0 aromatic heterocycles. The average Bonchev–Trinajstić information content (AvgIpc) is 2.71. The molecule has 0 saturated heterocycles. The average molecular weight is 431 g/mol. The molecule has 0 spiro atoms. The van der Waals surface area contributed by atoms with E-state index in [4.69, 9.17) is 4.74 Å². The molecule has 4 fully saturated rings. The number of hydrogen-bond donors (Lipinski definition) is 2. The minimum Gasteiger partial charge on any atom is -0.451 e.